The largest absolute Gasteiger partial charge is 0.392 e. The zero-order valence-electron chi connectivity index (χ0n) is 8.99. The van der Waals surface area contributed by atoms with Crippen LogP contribution in [0.25, 0.3) is 0 Å². The molecule has 84 valence electrons. The second-order valence-electron chi connectivity index (χ2n) is 4.14. The molecule has 1 aliphatic heterocycles. The first kappa shape index (κ1) is 11.1. The van der Waals surface area contributed by atoms with E-state index in [1.165, 1.54) is 9.75 Å². The Balaban J connectivity index is 1.67. The van der Waals surface area contributed by atoms with E-state index in [0.717, 1.165) is 26.1 Å². The van der Waals surface area contributed by atoms with Crippen LogP contribution in [0.2, 0.25) is 0 Å². The summed E-state index contributed by atoms with van der Waals surface area (Å²) < 4.78 is 0. The molecule has 1 fully saturated rings. The number of aliphatic hydroxyl groups is 1. The number of aliphatic hydroxyl groups excluding tert-OH is 1. The van der Waals surface area contributed by atoms with Crippen LogP contribution < -0.4 is 10.6 Å². The Bertz CT molecular complexity index is 313. The fourth-order valence-electron chi connectivity index (χ4n) is 1.90. The van der Waals surface area contributed by atoms with Crippen LogP contribution in [-0.4, -0.2) is 30.3 Å². The van der Waals surface area contributed by atoms with E-state index in [-0.39, 0.29) is 6.10 Å². The molecule has 3 nitrogen and oxygen atoms in total. The zero-order valence-corrected chi connectivity index (χ0v) is 9.81. The molecule has 2 rings (SSSR count). The molecule has 2 unspecified atom stereocenters. The maximum Gasteiger partial charge on any atom is 0.0680 e. The van der Waals surface area contributed by atoms with E-state index in [1.807, 2.05) is 11.3 Å². The van der Waals surface area contributed by atoms with Crippen LogP contribution in [0.15, 0.2) is 12.1 Å². The van der Waals surface area contributed by atoms with Gasteiger partial charge in [-0.1, -0.05) is 0 Å². The summed E-state index contributed by atoms with van der Waals surface area (Å²) in [6, 6.07) is 4.75. The lowest BCUT2D eigenvalue weighted by Gasteiger charge is -2.10. The van der Waals surface area contributed by atoms with Crippen molar-refractivity contribution in [1.82, 2.24) is 10.6 Å². The van der Waals surface area contributed by atoms with Gasteiger partial charge < -0.3 is 15.7 Å². The van der Waals surface area contributed by atoms with E-state index in [4.69, 9.17) is 0 Å². The Morgan fingerprint density at radius 1 is 1.60 bits per heavy atom. The molecule has 2 atom stereocenters. The van der Waals surface area contributed by atoms with Crippen molar-refractivity contribution >= 4 is 11.3 Å². The maximum absolute atomic E-state index is 9.33. The molecule has 0 aromatic carbocycles. The molecule has 0 spiro atoms. The topological polar surface area (TPSA) is 44.3 Å². The Morgan fingerprint density at radius 3 is 3.07 bits per heavy atom. The highest BCUT2D eigenvalue weighted by molar-refractivity contribution is 7.11. The van der Waals surface area contributed by atoms with Crippen molar-refractivity contribution < 1.29 is 5.11 Å². The molecule has 0 amide bonds. The number of thiophene rings is 1. The Morgan fingerprint density at radius 2 is 2.47 bits per heavy atom. The summed E-state index contributed by atoms with van der Waals surface area (Å²) in [4.78, 5) is 2.74. The quantitative estimate of drug-likeness (QED) is 0.714. The zero-order chi connectivity index (χ0) is 10.7. The van der Waals surface area contributed by atoms with Crippen LogP contribution in [0.5, 0.6) is 0 Å². The third-order valence-electron chi connectivity index (χ3n) is 2.68. The Labute approximate surface area is 94.5 Å². The van der Waals surface area contributed by atoms with Crippen molar-refractivity contribution in [2.24, 2.45) is 0 Å². The second-order valence-corrected chi connectivity index (χ2v) is 5.51. The van der Waals surface area contributed by atoms with Crippen LogP contribution in [0.4, 0.5) is 0 Å². The third-order valence-corrected chi connectivity index (χ3v) is 3.69. The SMILES string of the molecule is Cc1ccc(CNCC2CC(O)CN2)s1. The van der Waals surface area contributed by atoms with Gasteiger partial charge in [-0.05, 0) is 25.5 Å². The molecule has 0 radical (unpaired) electrons. The van der Waals surface area contributed by atoms with Gasteiger partial charge in [-0.2, -0.15) is 0 Å². The minimum absolute atomic E-state index is 0.152. The van der Waals surface area contributed by atoms with Crippen LogP contribution in [0, 0.1) is 6.92 Å². The molecular weight excluding hydrogens is 208 g/mol. The molecule has 1 saturated heterocycles. The standard InChI is InChI=1S/C11H18N2OS/c1-8-2-3-11(15-8)7-12-5-9-4-10(14)6-13-9/h2-3,9-10,12-14H,4-7H2,1H3. The number of aryl methyl sites for hydroxylation is 1. The molecule has 1 aromatic heterocycles. The second kappa shape index (κ2) is 5.07. The minimum atomic E-state index is -0.152. The average molecular weight is 226 g/mol. The number of nitrogens with one attached hydrogen (secondary N) is 2. The van der Waals surface area contributed by atoms with Gasteiger partial charge in [0.1, 0.15) is 0 Å². The third kappa shape index (κ3) is 3.28. The highest BCUT2D eigenvalue weighted by atomic mass is 32.1. The summed E-state index contributed by atoms with van der Waals surface area (Å²) in [6.07, 6.45) is 0.719. The monoisotopic (exact) mass is 226 g/mol. The smallest absolute Gasteiger partial charge is 0.0680 e. The predicted octanol–water partition coefficient (Wildman–Crippen LogP) is 0.869. The van der Waals surface area contributed by atoms with Crippen molar-refractivity contribution in [3.63, 3.8) is 0 Å². The molecule has 2 heterocycles. The summed E-state index contributed by atoms with van der Waals surface area (Å²) in [5.74, 6) is 0. The average Bonchev–Trinajstić information content (AvgIpc) is 2.76. The number of rotatable bonds is 4. The van der Waals surface area contributed by atoms with E-state index in [2.05, 4.69) is 29.7 Å². The molecule has 3 N–H and O–H groups in total. The maximum atomic E-state index is 9.33. The first-order valence-electron chi connectivity index (χ1n) is 5.41. The van der Waals surface area contributed by atoms with Crippen molar-refractivity contribution in [3.8, 4) is 0 Å². The summed E-state index contributed by atoms with van der Waals surface area (Å²) >= 11 is 1.84. The lowest BCUT2D eigenvalue weighted by Crippen LogP contribution is -2.33. The summed E-state index contributed by atoms with van der Waals surface area (Å²) in [6.45, 7) is 4.74. The molecule has 0 bridgehead atoms. The van der Waals surface area contributed by atoms with Gasteiger partial charge in [0.2, 0.25) is 0 Å². The van der Waals surface area contributed by atoms with E-state index in [9.17, 15) is 5.11 Å². The molecule has 0 aliphatic carbocycles. The Kier molecular flexibility index (Phi) is 3.75. The number of hydrogen-bond acceptors (Lipinski definition) is 4. The predicted molar refractivity (Wildman–Crippen MR) is 63.2 cm³/mol. The number of hydrogen-bond donors (Lipinski definition) is 3. The van der Waals surface area contributed by atoms with Gasteiger partial charge in [0.05, 0.1) is 6.10 Å². The van der Waals surface area contributed by atoms with Gasteiger partial charge in [-0.25, -0.2) is 0 Å². The van der Waals surface area contributed by atoms with E-state index < -0.39 is 0 Å². The van der Waals surface area contributed by atoms with Gasteiger partial charge >= 0.3 is 0 Å². The van der Waals surface area contributed by atoms with Gasteiger partial charge in [-0.3, -0.25) is 0 Å². The van der Waals surface area contributed by atoms with Crippen LogP contribution >= 0.6 is 11.3 Å². The van der Waals surface area contributed by atoms with Crippen molar-refractivity contribution in [2.45, 2.75) is 32.0 Å². The van der Waals surface area contributed by atoms with Gasteiger partial charge in [0.15, 0.2) is 0 Å². The summed E-state index contributed by atoms with van der Waals surface area (Å²) in [7, 11) is 0. The molecule has 1 aromatic rings. The molecule has 1 aliphatic rings. The van der Waals surface area contributed by atoms with E-state index in [0.29, 0.717) is 6.04 Å². The highest BCUT2D eigenvalue weighted by Gasteiger charge is 2.21. The summed E-state index contributed by atoms with van der Waals surface area (Å²) in [5, 5.41) is 16.0. The molecule has 15 heavy (non-hydrogen) atoms. The highest BCUT2D eigenvalue weighted by Crippen LogP contribution is 2.14. The molecule has 0 saturated carbocycles. The fraction of sp³-hybridized carbons (Fsp3) is 0.636. The molecule has 4 heteroatoms. The fourth-order valence-corrected chi connectivity index (χ4v) is 2.76. The van der Waals surface area contributed by atoms with Crippen molar-refractivity contribution in [3.05, 3.63) is 21.9 Å². The first-order valence-corrected chi connectivity index (χ1v) is 6.23. The number of β-amino-alcohol motifs (C(OH)–C–C–N with tert-alkyl or cyclic N) is 1. The van der Waals surface area contributed by atoms with Crippen LogP contribution in [0.3, 0.4) is 0 Å². The van der Waals surface area contributed by atoms with Crippen molar-refractivity contribution in [1.29, 1.82) is 0 Å². The van der Waals surface area contributed by atoms with Gasteiger partial charge in [0.25, 0.3) is 0 Å². The minimum Gasteiger partial charge on any atom is -0.392 e. The lowest BCUT2D eigenvalue weighted by molar-refractivity contribution is 0.193. The van der Waals surface area contributed by atoms with E-state index >= 15 is 0 Å². The van der Waals surface area contributed by atoms with Crippen molar-refractivity contribution in [2.75, 3.05) is 13.1 Å². The van der Waals surface area contributed by atoms with Crippen LogP contribution in [0.1, 0.15) is 16.2 Å². The first-order chi connectivity index (χ1) is 7.24. The van der Waals surface area contributed by atoms with Gasteiger partial charge in [0, 0.05) is 35.4 Å². The van der Waals surface area contributed by atoms with Crippen LogP contribution in [-0.2, 0) is 6.54 Å². The lowest BCUT2D eigenvalue weighted by atomic mass is 10.2. The normalized spacial score (nSPS) is 26.0. The molecular formula is C11H18N2OS. The van der Waals surface area contributed by atoms with Gasteiger partial charge in [-0.15, -0.1) is 11.3 Å². The van der Waals surface area contributed by atoms with E-state index in [1.54, 1.807) is 0 Å². The summed E-state index contributed by atoms with van der Waals surface area (Å²) in [5.41, 5.74) is 0. The Hall–Kier alpha value is -0.420.